The SMILES string of the molecule is Oc1ccccc1O.Oc1ccccc1O.[B].[B]. The molecule has 2 rings (SSSR count). The van der Waals surface area contributed by atoms with Crippen LogP contribution in [0.2, 0.25) is 0 Å². The topological polar surface area (TPSA) is 80.9 Å². The lowest BCUT2D eigenvalue weighted by atomic mass is 10.3. The van der Waals surface area contributed by atoms with Crippen molar-refractivity contribution >= 4 is 16.8 Å². The molecule has 90 valence electrons. The second-order valence-corrected chi connectivity index (χ2v) is 2.98. The van der Waals surface area contributed by atoms with Crippen LogP contribution < -0.4 is 0 Å². The molecule has 0 fully saturated rings. The molecule has 2 aromatic rings. The number of aromatic hydroxyl groups is 4. The highest BCUT2D eigenvalue weighted by atomic mass is 16.3. The van der Waals surface area contributed by atoms with E-state index in [0.29, 0.717) is 0 Å². The Morgan fingerprint density at radius 2 is 0.611 bits per heavy atom. The molecule has 0 atom stereocenters. The average Bonchev–Trinajstić information content (AvgIpc) is 2.28. The normalized spacial score (nSPS) is 8.00. The Kier molecular flexibility index (Phi) is 8.94. The molecule has 2 aromatic carbocycles. The van der Waals surface area contributed by atoms with Gasteiger partial charge in [0.2, 0.25) is 0 Å². The van der Waals surface area contributed by atoms with Gasteiger partial charge in [-0.25, -0.2) is 0 Å². The van der Waals surface area contributed by atoms with Crippen molar-refractivity contribution in [1.29, 1.82) is 0 Å². The fraction of sp³-hybridized carbons (Fsp3) is 0. The van der Waals surface area contributed by atoms with Crippen molar-refractivity contribution in [3.8, 4) is 23.0 Å². The van der Waals surface area contributed by atoms with Gasteiger partial charge in [0.1, 0.15) is 0 Å². The van der Waals surface area contributed by atoms with Crippen LogP contribution in [-0.2, 0) is 0 Å². The number of benzene rings is 2. The fourth-order valence-electron chi connectivity index (χ4n) is 0.928. The molecule has 0 aromatic heterocycles. The van der Waals surface area contributed by atoms with Crippen LogP contribution in [0.5, 0.6) is 23.0 Å². The minimum absolute atomic E-state index is 0. The summed E-state index contributed by atoms with van der Waals surface area (Å²) in [6, 6.07) is 12.3. The van der Waals surface area contributed by atoms with Crippen LogP contribution in [0.4, 0.5) is 0 Å². The molecule has 6 radical (unpaired) electrons. The average molecular weight is 242 g/mol. The van der Waals surface area contributed by atoms with E-state index in [-0.39, 0.29) is 39.8 Å². The summed E-state index contributed by atoms with van der Waals surface area (Å²) in [6.45, 7) is 0. The van der Waals surface area contributed by atoms with Gasteiger partial charge < -0.3 is 20.4 Å². The summed E-state index contributed by atoms with van der Waals surface area (Å²) in [5.41, 5.74) is 0. The van der Waals surface area contributed by atoms with E-state index in [1.54, 1.807) is 24.3 Å². The summed E-state index contributed by atoms with van der Waals surface area (Å²) in [5.74, 6) is -0.306. The summed E-state index contributed by atoms with van der Waals surface area (Å²) < 4.78 is 0. The number of phenolic OH excluding ortho intramolecular Hbond substituents is 4. The summed E-state index contributed by atoms with van der Waals surface area (Å²) in [4.78, 5) is 0. The minimum Gasteiger partial charge on any atom is -0.504 e. The van der Waals surface area contributed by atoms with E-state index in [1.807, 2.05) is 0 Å². The molecule has 0 aliphatic rings. The molecule has 4 N–H and O–H groups in total. The van der Waals surface area contributed by atoms with E-state index in [4.69, 9.17) is 20.4 Å². The zero-order valence-electron chi connectivity index (χ0n) is 9.56. The molecule has 0 aliphatic heterocycles. The van der Waals surface area contributed by atoms with E-state index in [0.717, 1.165) is 0 Å². The van der Waals surface area contributed by atoms with Crippen LogP contribution >= 0.6 is 0 Å². The van der Waals surface area contributed by atoms with Gasteiger partial charge in [-0.1, -0.05) is 24.3 Å². The Morgan fingerprint density at radius 3 is 0.722 bits per heavy atom. The van der Waals surface area contributed by atoms with Gasteiger partial charge in [0.05, 0.1) is 0 Å². The first kappa shape index (κ1) is 18.1. The zero-order valence-corrected chi connectivity index (χ0v) is 9.56. The van der Waals surface area contributed by atoms with Gasteiger partial charge in [-0.3, -0.25) is 0 Å². The van der Waals surface area contributed by atoms with Gasteiger partial charge in [0, 0.05) is 16.8 Å². The van der Waals surface area contributed by atoms with Crippen molar-refractivity contribution in [2.75, 3.05) is 0 Å². The minimum atomic E-state index is -0.0764. The van der Waals surface area contributed by atoms with Gasteiger partial charge in [-0.2, -0.15) is 0 Å². The quantitative estimate of drug-likeness (QED) is 0.416. The van der Waals surface area contributed by atoms with Gasteiger partial charge in [0.15, 0.2) is 23.0 Å². The first-order valence-corrected chi connectivity index (χ1v) is 4.55. The van der Waals surface area contributed by atoms with E-state index in [2.05, 4.69) is 0 Å². The predicted molar refractivity (Wildman–Crippen MR) is 71.1 cm³/mol. The summed E-state index contributed by atoms with van der Waals surface area (Å²) in [6.07, 6.45) is 0. The van der Waals surface area contributed by atoms with Gasteiger partial charge in [-0.05, 0) is 24.3 Å². The number of rotatable bonds is 0. The van der Waals surface area contributed by atoms with E-state index in [9.17, 15) is 0 Å². The van der Waals surface area contributed by atoms with Crippen LogP contribution in [0, 0.1) is 0 Å². The summed E-state index contributed by atoms with van der Waals surface area (Å²) >= 11 is 0. The first-order chi connectivity index (χ1) is 7.61. The fourth-order valence-corrected chi connectivity index (χ4v) is 0.928. The van der Waals surface area contributed by atoms with Crippen LogP contribution in [0.3, 0.4) is 0 Å². The Morgan fingerprint density at radius 1 is 0.444 bits per heavy atom. The Labute approximate surface area is 109 Å². The maximum Gasteiger partial charge on any atom is 0.157 e. The monoisotopic (exact) mass is 242 g/mol. The third-order valence-electron chi connectivity index (χ3n) is 1.76. The van der Waals surface area contributed by atoms with Crippen molar-refractivity contribution in [1.82, 2.24) is 0 Å². The highest BCUT2D eigenvalue weighted by Gasteiger charge is 1.90. The molecule has 0 bridgehead atoms. The molecule has 0 aliphatic carbocycles. The Bertz CT molecular complexity index is 378. The largest absolute Gasteiger partial charge is 0.504 e. The molecule has 0 saturated heterocycles. The van der Waals surface area contributed by atoms with Crippen LogP contribution in [0.1, 0.15) is 0 Å². The lowest BCUT2D eigenvalue weighted by Gasteiger charge is -1.91. The van der Waals surface area contributed by atoms with Crippen molar-refractivity contribution in [2.24, 2.45) is 0 Å². The van der Waals surface area contributed by atoms with Crippen LogP contribution in [0.15, 0.2) is 48.5 Å². The number of para-hydroxylation sites is 4. The lowest BCUT2D eigenvalue weighted by molar-refractivity contribution is 0.404. The zero-order chi connectivity index (χ0) is 12.0. The van der Waals surface area contributed by atoms with Crippen molar-refractivity contribution in [3.05, 3.63) is 48.5 Å². The maximum absolute atomic E-state index is 8.67. The molecule has 0 unspecified atom stereocenters. The molecule has 4 nitrogen and oxygen atoms in total. The second kappa shape index (κ2) is 8.87. The molecular weight excluding hydrogens is 230 g/mol. The molecule has 0 spiro atoms. The Balaban J connectivity index is 0. The second-order valence-electron chi connectivity index (χ2n) is 2.98. The molecule has 6 heteroatoms. The highest BCUT2D eigenvalue weighted by molar-refractivity contribution is 5.76. The number of hydrogen-bond donors (Lipinski definition) is 4. The Hall–Kier alpha value is -2.23. The lowest BCUT2D eigenvalue weighted by Crippen LogP contribution is -1.63. The molecule has 0 amide bonds. The van der Waals surface area contributed by atoms with Crippen LogP contribution in [-0.4, -0.2) is 37.3 Å². The van der Waals surface area contributed by atoms with Crippen molar-refractivity contribution in [2.45, 2.75) is 0 Å². The van der Waals surface area contributed by atoms with E-state index >= 15 is 0 Å². The first-order valence-electron chi connectivity index (χ1n) is 4.55. The molecule has 18 heavy (non-hydrogen) atoms. The predicted octanol–water partition coefficient (Wildman–Crippen LogP) is 1.43. The van der Waals surface area contributed by atoms with E-state index in [1.165, 1.54) is 24.3 Å². The summed E-state index contributed by atoms with van der Waals surface area (Å²) in [7, 11) is 0. The van der Waals surface area contributed by atoms with Crippen molar-refractivity contribution in [3.63, 3.8) is 0 Å². The van der Waals surface area contributed by atoms with Gasteiger partial charge in [-0.15, -0.1) is 0 Å². The molecular formula is C12H12B2O4. The molecule has 0 heterocycles. The number of hydrogen-bond acceptors (Lipinski definition) is 4. The van der Waals surface area contributed by atoms with Crippen molar-refractivity contribution < 1.29 is 20.4 Å². The van der Waals surface area contributed by atoms with Gasteiger partial charge >= 0.3 is 0 Å². The standard InChI is InChI=1S/2C6H6O2.2B/c2*7-5-3-1-2-4-6(5)8;;/h2*1-4,7-8H;;. The van der Waals surface area contributed by atoms with Gasteiger partial charge in [0.25, 0.3) is 0 Å². The third-order valence-corrected chi connectivity index (χ3v) is 1.76. The van der Waals surface area contributed by atoms with E-state index < -0.39 is 0 Å². The molecule has 0 saturated carbocycles. The third kappa shape index (κ3) is 5.75. The maximum atomic E-state index is 8.67. The smallest absolute Gasteiger partial charge is 0.157 e. The van der Waals surface area contributed by atoms with Crippen LogP contribution in [0.25, 0.3) is 0 Å². The summed E-state index contributed by atoms with van der Waals surface area (Å²) in [5, 5.41) is 34.7. The number of phenols is 4. The highest BCUT2D eigenvalue weighted by Crippen LogP contribution is 2.21.